The number of carbonyl (C=O) groups is 1. The molecular formula is C32H37BrF5O5S2+. The van der Waals surface area contributed by atoms with Crippen molar-refractivity contribution in [3.8, 4) is 0 Å². The summed E-state index contributed by atoms with van der Waals surface area (Å²) in [6.07, 6.45) is 9.53. The Hall–Kier alpha value is -2.48. The van der Waals surface area contributed by atoms with Crippen molar-refractivity contribution in [3.63, 3.8) is 0 Å². The Morgan fingerprint density at radius 3 is 1.31 bits per heavy atom. The highest BCUT2D eigenvalue weighted by atomic mass is 79.9. The van der Waals surface area contributed by atoms with Crippen molar-refractivity contribution in [2.24, 2.45) is 0 Å². The summed E-state index contributed by atoms with van der Waals surface area (Å²) in [7, 11) is -9.64. The molecule has 3 rings (SSSR count). The number of hydrogen-bond acceptors (Lipinski definition) is 4. The molecule has 0 saturated heterocycles. The lowest BCUT2D eigenvalue weighted by Gasteiger charge is -2.35. The minimum absolute atomic E-state index is 0.0335. The van der Waals surface area contributed by atoms with Crippen molar-refractivity contribution in [3.05, 3.63) is 90.2 Å². The maximum Gasteiger partial charge on any atom is 0.514 e. The number of carbonyl (C=O) groups excluding carboxylic acids is 1. The molecule has 0 heterocycles. The first-order valence-corrected chi connectivity index (χ1v) is 18.8. The van der Waals surface area contributed by atoms with Crippen LogP contribution in [-0.2, 0) is 19.6 Å². The van der Waals surface area contributed by atoms with Gasteiger partial charge in [0.15, 0.2) is 0 Å². The van der Waals surface area contributed by atoms with Crippen LogP contribution < -0.4 is 0 Å². The highest BCUT2D eigenvalue weighted by Gasteiger charge is 2.63. The third kappa shape index (κ3) is 10.0. The molecule has 0 amide bonds. The van der Waals surface area contributed by atoms with Crippen LogP contribution in [0.3, 0.4) is 0 Å². The van der Waals surface area contributed by atoms with E-state index < -0.39 is 55.7 Å². The molecule has 0 aliphatic carbocycles. The molecular weight excluding hydrogens is 703 g/mol. The smallest absolute Gasteiger partial charge is 0.460 e. The average Bonchev–Trinajstić information content (AvgIpc) is 3.01. The number of halogens is 6. The Bertz CT molecular complexity index is 1340. The molecule has 5 nitrogen and oxygen atoms in total. The van der Waals surface area contributed by atoms with E-state index in [4.69, 9.17) is 0 Å². The summed E-state index contributed by atoms with van der Waals surface area (Å²) < 4.78 is 107. The van der Waals surface area contributed by atoms with Gasteiger partial charge in [-0.1, -0.05) is 67.3 Å². The molecule has 248 valence electrons. The zero-order chi connectivity index (χ0) is 32.9. The number of benzene rings is 3. The summed E-state index contributed by atoms with van der Waals surface area (Å²) in [5.74, 6) is -4.39. The van der Waals surface area contributed by atoms with E-state index in [9.17, 15) is 26.4 Å². The van der Waals surface area contributed by atoms with Gasteiger partial charge in [-0.3, -0.25) is 3.63 Å². The van der Waals surface area contributed by atoms with Crippen LogP contribution in [0.25, 0.3) is 0 Å². The molecule has 0 aliphatic rings. The van der Waals surface area contributed by atoms with E-state index in [1.807, 2.05) is 0 Å². The lowest BCUT2D eigenvalue weighted by atomic mass is 10.1. The van der Waals surface area contributed by atoms with E-state index in [0.717, 1.165) is 117 Å². The van der Waals surface area contributed by atoms with E-state index in [1.165, 1.54) is 12.8 Å². The molecule has 0 fully saturated rings. The van der Waals surface area contributed by atoms with Crippen LogP contribution in [0.5, 0.6) is 0 Å². The fourth-order valence-electron chi connectivity index (χ4n) is 4.59. The average molecular weight is 741 g/mol. The van der Waals surface area contributed by atoms with Gasteiger partial charge in [0.1, 0.15) is 17.5 Å². The van der Waals surface area contributed by atoms with Crippen molar-refractivity contribution in [1.29, 1.82) is 0 Å². The Morgan fingerprint density at radius 2 is 0.956 bits per heavy atom. The lowest BCUT2D eigenvalue weighted by Crippen LogP contribution is -2.42. The first kappa shape index (κ1) is 37.0. The summed E-state index contributed by atoms with van der Waals surface area (Å²) in [6, 6.07) is 12.8. The lowest BCUT2D eigenvalue weighted by molar-refractivity contribution is -0.161. The van der Waals surface area contributed by atoms with Gasteiger partial charge in [-0.05, 0) is 85.6 Å². The molecule has 0 atom stereocenters. The van der Waals surface area contributed by atoms with E-state index >= 15 is 8.78 Å². The van der Waals surface area contributed by atoms with Crippen LogP contribution in [0.2, 0.25) is 0 Å². The van der Waals surface area contributed by atoms with E-state index in [2.05, 4.69) is 24.3 Å². The number of rotatable bonds is 19. The number of unbranched alkanes of at least 4 members (excludes halogenated alkanes) is 9. The zero-order valence-electron chi connectivity index (χ0n) is 24.6. The van der Waals surface area contributed by atoms with E-state index in [1.54, 1.807) is 0 Å². The quantitative estimate of drug-likeness (QED) is 0.0306. The van der Waals surface area contributed by atoms with E-state index in [-0.39, 0.29) is 21.1 Å². The van der Waals surface area contributed by atoms with Crippen LogP contribution in [0.4, 0.5) is 22.0 Å². The summed E-state index contributed by atoms with van der Waals surface area (Å²) in [4.78, 5) is 12.4. The Kier molecular flexibility index (Phi) is 14.3. The second-order valence-electron chi connectivity index (χ2n) is 10.4. The molecule has 0 unspecified atom stereocenters. The Morgan fingerprint density at radius 1 is 0.622 bits per heavy atom. The Balaban J connectivity index is 1.77. The van der Waals surface area contributed by atoms with Gasteiger partial charge in [0.25, 0.3) is 0 Å². The minimum atomic E-state index is -5.99. The molecule has 0 bridgehead atoms. The molecule has 3 aromatic rings. The SMILES string of the molecule is O=C(OCCCCCCCCCCCCBr)C(F)(F)S(=O)(=O)[OH+]S(c1ccc(F)cc1)(c1ccc(F)cc1)c1ccc(F)cc1. The van der Waals surface area contributed by atoms with Gasteiger partial charge in [0, 0.05) is 5.33 Å². The van der Waals surface area contributed by atoms with Gasteiger partial charge >= 0.3 is 21.3 Å². The van der Waals surface area contributed by atoms with Crippen LogP contribution in [0, 0.1) is 17.5 Å². The molecule has 13 heteroatoms. The number of ether oxygens (including phenoxy) is 1. The predicted molar refractivity (Wildman–Crippen MR) is 169 cm³/mol. The van der Waals surface area contributed by atoms with Gasteiger partial charge in [-0.25, -0.2) is 18.0 Å². The summed E-state index contributed by atoms with van der Waals surface area (Å²) >= 11 is 3.41. The van der Waals surface area contributed by atoms with Gasteiger partial charge < -0.3 is 4.74 Å². The largest absolute Gasteiger partial charge is 0.514 e. The molecule has 0 spiro atoms. The number of alkyl halides is 3. The highest BCUT2D eigenvalue weighted by Crippen LogP contribution is 2.68. The van der Waals surface area contributed by atoms with Crippen molar-refractivity contribution in [1.82, 2.24) is 0 Å². The monoisotopic (exact) mass is 739 g/mol. The molecule has 0 radical (unpaired) electrons. The first-order chi connectivity index (χ1) is 21.4. The van der Waals surface area contributed by atoms with Crippen LogP contribution in [0.1, 0.15) is 64.2 Å². The second-order valence-corrected chi connectivity index (χ2v) is 15.8. The Labute approximate surface area is 271 Å². The van der Waals surface area contributed by atoms with Crippen molar-refractivity contribution in [2.45, 2.75) is 84.1 Å². The second kappa shape index (κ2) is 17.4. The number of esters is 1. The van der Waals surface area contributed by atoms with Gasteiger partial charge in [-0.15, -0.1) is 8.42 Å². The third-order valence-electron chi connectivity index (χ3n) is 7.00. The zero-order valence-corrected chi connectivity index (χ0v) is 27.8. The molecule has 1 N–H and O–H groups in total. The fourth-order valence-corrected chi connectivity index (χ4v) is 10.2. The molecule has 0 aromatic heterocycles. The fraction of sp³-hybridized carbons (Fsp3) is 0.406. The van der Waals surface area contributed by atoms with E-state index in [0.29, 0.717) is 6.42 Å². The molecule has 45 heavy (non-hydrogen) atoms. The van der Waals surface area contributed by atoms with Gasteiger partial charge in [0.05, 0.1) is 31.6 Å². The predicted octanol–water partition coefficient (Wildman–Crippen LogP) is 10.2. The standard InChI is InChI=1S/C32H36BrF5O5S2/c33-23-9-7-5-3-1-2-4-6-8-10-24-42-31(39)32(37,38)45(40,41)43-44(28-17-11-25(34)12-18-28,29-19-13-26(35)14-20-29)30-21-15-27(36)16-22-30/h11-22H,1-10,23-24H2/p+1. The highest BCUT2D eigenvalue weighted by molar-refractivity contribution is 9.09. The molecule has 0 saturated carbocycles. The van der Waals surface area contributed by atoms with Gasteiger partial charge in [0.2, 0.25) is 0 Å². The molecule has 0 aliphatic heterocycles. The van der Waals surface area contributed by atoms with Crippen LogP contribution in [-0.4, -0.2) is 35.2 Å². The normalized spacial score (nSPS) is 12.7. The summed E-state index contributed by atoms with van der Waals surface area (Å²) in [6.45, 7) is -0.400. The van der Waals surface area contributed by atoms with Crippen molar-refractivity contribution < 1.29 is 43.5 Å². The number of hydrogen-bond donors (Lipinski definition) is 0. The summed E-state index contributed by atoms with van der Waals surface area (Å²) in [5, 5.41) is -4.08. The topological polar surface area (TPSA) is 73.2 Å². The van der Waals surface area contributed by atoms with Crippen LogP contribution >= 0.6 is 26.2 Å². The van der Waals surface area contributed by atoms with Crippen molar-refractivity contribution in [2.75, 3.05) is 11.9 Å². The van der Waals surface area contributed by atoms with Gasteiger partial charge in [-0.2, -0.15) is 8.78 Å². The maximum atomic E-state index is 15.4. The molecule has 3 aromatic carbocycles. The minimum Gasteiger partial charge on any atom is -0.460 e. The summed E-state index contributed by atoms with van der Waals surface area (Å²) in [5.41, 5.74) is 0. The maximum absolute atomic E-state index is 15.4. The first-order valence-electron chi connectivity index (χ1n) is 14.6. The van der Waals surface area contributed by atoms with Crippen LogP contribution in [0.15, 0.2) is 87.5 Å². The van der Waals surface area contributed by atoms with Crippen molar-refractivity contribution >= 4 is 42.3 Å². The third-order valence-corrected chi connectivity index (χ3v) is 12.9.